The molecule has 0 aliphatic heterocycles. The number of pyridine rings is 1. The molecular formula is C15H15BrN2O3. The van der Waals surface area contributed by atoms with Gasteiger partial charge >= 0.3 is 0 Å². The minimum absolute atomic E-state index is 0.107. The van der Waals surface area contributed by atoms with Gasteiger partial charge in [-0.05, 0) is 43.7 Å². The molecule has 0 spiro atoms. The van der Waals surface area contributed by atoms with Gasteiger partial charge in [0.25, 0.3) is 11.5 Å². The number of rotatable bonds is 3. The van der Waals surface area contributed by atoms with E-state index in [1.807, 2.05) is 13.0 Å². The Morgan fingerprint density at radius 3 is 2.67 bits per heavy atom. The van der Waals surface area contributed by atoms with Gasteiger partial charge in [-0.2, -0.15) is 0 Å². The standard InChI is InChI=1S/C15H15BrN2O3/c1-8-5-9(2)18-15(21)12(8)7-17-14(20)11-4-3-10(16)6-13(11)19/h3-6,19H,7H2,1-2H3,(H,17,20)(H,18,21). The summed E-state index contributed by atoms with van der Waals surface area (Å²) in [4.78, 5) is 26.6. The monoisotopic (exact) mass is 350 g/mol. The number of hydrogen-bond donors (Lipinski definition) is 3. The normalized spacial score (nSPS) is 10.4. The van der Waals surface area contributed by atoms with Gasteiger partial charge in [0.05, 0.1) is 5.56 Å². The van der Waals surface area contributed by atoms with Crippen LogP contribution in [-0.4, -0.2) is 16.0 Å². The minimum Gasteiger partial charge on any atom is -0.507 e. The van der Waals surface area contributed by atoms with Gasteiger partial charge < -0.3 is 15.4 Å². The molecule has 2 aromatic rings. The highest BCUT2D eigenvalue weighted by Crippen LogP contribution is 2.22. The lowest BCUT2D eigenvalue weighted by Crippen LogP contribution is -2.27. The Kier molecular flexibility index (Phi) is 4.47. The zero-order valence-electron chi connectivity index (χ0n) is 11.7. The molecule has 6 heteroatoms. The average Bonchev–Trinajstić information content (AvgIpc) is 2.36. The summed E-state index contributed by atoms with van der Waals surface area (Å²) >= 11 is 3.21. The number of H-pyrrole nitrogens is 1. The lowest BCUT2D eigenvalue weighted by molar-refractivity contribution is 0.0948. The largest absolute Gasteiger partial charge is 0.507 e. The van der Waals surface area contributed by atoms with Crippen LogP contribution in [0.25, 0.3) is 0 Å². The number of carbonyl (C=O) groups excluding carboxylic acids is 1. The zero-order chi connectivity index (χ0) is 15.6. The number of nitrogens with one attached hydrogen (secondary N) is 2. The van der Waals surface area contributed by atoms with Crippen LogP contribution in [0, 0.1) is 13.8 Å². The fourth-order valence-corrected chi connectivity index (χ4v) is 2.41. The number of aryl methyl sites for hydroxylation is 2. The lowest BCUT2D eigenvalue weighted by Gasteiger charge is -2.09. The Balaban J connectivity index is 2.17. The van der Waals surface area contributed by atoms with Crippen molar-refractivity contribution in [1.29, 1.82) is 0 Å². The molecule has 0 aliphatic rings. The lowest BCUT2D eigenvalue weighted by atomic mass is 10.1. The molecule has 5 nitrogen and oxygen atoms in total. The molecule has 0 unspecified atom stereocenters. The van der Waals surface area contributed by atoms with Crippen LogP contribution in [0.3, 0.4) is 0 Å². The Hall–Kier alpha value is -2.08. The van der Waals surface area contributed by atoms with Crippen molar-refractivity contribution in [3.8, 4) is 5.75 Å². The van der Waals surface area contributed by atoms with Crippen LogP contribution < -0.4 is 10.9 Å². The molecule has 0 atom stereocenters. The first-order chi connectivity index (χ1) is 9.88. The van der Waals surface area contributed by atoms with E-state index in [4.69, 9.17) is 0 Å². The highest BCUT2D eigenvalue weighted by Gasteiger charge is 2.12. The first-order valence-corrected chi connectivity index (χ1v) is 7.14. The molecule has 0 fully saturated rings. The van der Waals surface area contributed by atoms with Crippen LogP contribution in [0.15, 0.2) is 33.5 Å². The van der Waals surface area contributed by atoms with Crippen molar-refractivity contribution < 1.29 is 9.90 Å². The van der Waals surface area contributed by atoms with Crippen LogP contribution in [0.2, 0.25) is 0 Å². The number of hydrogen-bond acceptors (Lipinski definition) is 3. The van der Waals surface area contributed by atoms with E-state index >= 15 is 0 Å². The van der Waals surface area contributed by atoms with E-state index in [0.29, 0.717) is 10.0 Å². The number of phenolic OH excluding ortho intramolecular Hbond substituents is 1. The molecule has 2 rings (SSSR count). The molecule has 110 valence electrons. The molecule has 1 aromatic carbocycles. The van der Waals surface area contributed by atoms with Gasteiger partial charge in [-0.25, -0.2) is 0 Å². The molecular weight excluding hydrogens is 336 g/mol. The number of aromatic hydroxyl groups is 1. The summed E-state index contributed by atoms with van der Waals surface area (Å²) < 4.78 is 0.683. The zero-order valence-corrected chi connectivity index (χ0v) is 13.2. The number of carbonyl (C=O) groups is 1. The van der Waals surface area contributed by atoms with Crippen molar-refractivity contribution in [1.82, 2.24) is 10.3 Å². The Labute approximate surface area is 130 Å². The fourth-order valence-electron chi connectivity index (χ4n) is 2.06. The van der Waals surface area contributed by atoms with Crippen LogP contribution in [0.4, 0.5) is 0 Å². The second-order valence-electron chi connectivity index (χ2n) is 4.79. The summed E-state index contributed by atoms with van der Waals surface area (Å²) in [5.74, 6) is -0.546. The van der Waals surface area contributed by atoms with Gasteiger partial charge in [-0.15, -0.1) is 0 Å². The molecule has 1 heterocycles. The van der Waals surface area contributed by atoms with E-state index in [-0.39, 0.29) is 23.4 Å². The van der Waals surface area contributed by atoms with Crippen molar-refractivity contribution >= 4 is 21.8 Å². The molecule has 0 aliphatic carbocycles. The van der Waals surface area contributed by atoms with Crippen LogP contribution in [0.5, 0.6) is 5.75 Å². The molecule has 3 N–H and O–H groups in total. The second kappa shape index (κ2) is 6.13. The summed E-state index contributed by atoms with van der Waals surface area (Å²) in [6, 6.07) is 6.47. The number of aromatic nitrogens is 1. The summed E-state index contributed by atoms with van der Waals surface area (Å²) in [6.45, 7) is 3.73. The maximum atomic E-state index is 12.0. The second-order valence-corrected chi connectivity index (χ2v) is 5.70. The maximum absolute atomic E-state index is 12.0. The van der Waals surface area contributed by atoms with Crippen LogP contribution in [-0.2, 0) is 6.54 Å². The van der Waals surface area contributed by atoms with E-state index < -0.39 is 5.91 Å². The van der Waals surface area contributed by atoms with Gasteiger partial charge in [0.15, 0.2) is 0 Å². The SMILES string of the molecule is Cc1cc(C)c(CNC(=O)c2ccc(Br)cc2O)c(=O)[nH]1. The number of aromatic amines is 1. The molecule has 1 aromatic heterocycles. The summed E-state index contributed by atoms with van der Waals surface area (Å²) in [6.07, 6.45) is 0. The van der Waals surface area contributed by atoms with Crippen LogP contribution in [0.1, 0.15) is 27.2 Å². The fraction of sp³-hybridized carbons (Fsp3) is 0.200. The molecule has 1 amide bonds. The number of benzene rings is 1. The number of amides is 1. The third kappa shape index (κ3) is 3.52. The van der Waals surface area contributed by atoms with Crippen molar-refractivity contribution in [2.24, 2.45) is 0 Å². The van der Waals surface area contributed by atoms with E-state index in [1.165, 1.54) is 12.1 Å². The molecule has 0 saturated heterocycles. The topological polar surface area (TPSA) is 82.2 Å². The van der Waals surface area contributed by atoms with Gasteiger partial charge in [0.1, 0.15) is 5.75 Å². The van der Waals surface area contributed by atoms with Crippen molar-refractivity contribution in [3.05, 3.63) is 61.5 Å². The van der Waals surface area contributed by atoms with Gasteiger partial charge in [0.2, 0.25) is 0 Å². The predicted octanol–water partition coefficient (Wildman–Crippen LogP) is 2.39. The van der Waals surface area contributed by atoms with E-state index in [0.717, 1.165) is 11.3 Å². The molecule has 0 bridgehead atoms. The highest BCUT2D eigenvalue weighted by molar-refractivity contribution is 9.10. The smallest absolute Gasteiger partial charge is 0.255 e. The summed E-state index contributed by atoms with van der Waals surface area (Å²) in [5, 5.41) is 12.4. The third-order valence-corrected chi connectivity index (χ3v) is 3.62. The predicted molar refractivity (Wildman–Crippen MR) is 83.5 cm³/mol. The third-order valence-electron chi connectivity index (χ3n) is 3.12. The average molecular weight is 351 g/mol. The Bertz CT molecular complexity index is 753. The number of phenols is 1. The number of halogens is 1. The Morgan fingerprint density at radius 2 is 2.05 bits per heavy atom. The van der Waals surface area contributed by atoms with Gasteiger partial charge in [0, 0.05) is 22.3 Å². The van der Waals surface area contributed by atoms with Crippen LogP contribution >= 0.6 is 15.9 Å². The van der Waals surface area contributed by atoms with E-state index in [9.17, 15) is 14.7 Å². The van der Waals surface area contributed by atoms with Crippen molar-refractivity contribution in [2.75, 3.05) is 0 Å². The Morgan fingerprint density at radius 1 is 1.33 bits per heavy atom. The van der Waals surface area contributed by atoms with Gasteiger partial charge in [-0.3, -0.25) is 9.59 Å². The summed E-state index contributed by atoms with van der Waals surface area (Å²) in [5.41, 5.74) is 2.05. The molecule has 0 radical (unpaired) electrons. The first kappa shape index (κ1) is 15.3. The molecule has 21 heavy (non-hydrogen) atoms. The molecule has 0 saturated carbocycles. The maximum Gasteiger partial charge on any atom is 0.255 e. The van der Waals surface area contributed by atoms with Crippen molar-refractivity contribution in [3.63, 3.8) is 0 Å². The summed E-state index contributed by atoms with van der Waals surface area (Å²) in [7, 11) is 0. The quantitative estimate of drug-likeness (QED) is 0.794. The first-order valence-electron chi connectivity index (χ1n) is 6.34. The van der Waals surface area contributed by atoms with E-state index in [2.05, 4.69) is 26.2 Å². The minimum atomic E-state index is -0.431. The van der Waals surface area contributed by atoms with Gasteiger partial charge in [-0.1, -0.05) is 15.9 Å². The van der Waals surface area contributed by atoms with Crippen molar-refractivity contribution in [2.45, 2.75) is 20.4 Å². The highest BCUT2D eigenvalue weighted by atomic mass is 79.9. The van der Waals surface area contributed by atoms with E-state index in [1.54, 1.807) is 13.0 Å².